The van der Waals surface area contributed by atoms with Crippen molar-refractivity contribution >= 4 is 21.7 Å². The Kier molecular flexibility index (Phi) is 5.62. The minimum atomic E-state index is -3.81. The maximum atomic E-state index is 9.70. The van der Waals surface area contributed by atoms with E-state index in [9.17, 15) is 8.42 Å². The van der Waals surface area contributed by atoms with Crippen LogP contribution in [0.2, 0.25) is 0 Å². The van der Waals surface area contributed by atoms with E-state index in [1.807, 2.05) is 0 Å². The highest BCUT2D eigenvalue weighted by Gasteiger charge is 1.99. The molecule has 0 radical (unpaired) electrons. The van der Waals surface area contributed by atoms with Gasteiger partial charge in [0.15, 0.2) is 0 Å². The highest BCUT2D eigenvalue weighted by atomic mass is 35.5. The molecular formula is C2H8ClNO3S. The second kappa shape index (κ2) is 4.08. The fourth-order valence-electron chi connectivity index (χ4n) is 0.0975. The summed E-state index contributed by atoms with van der Waals surface area (Å²) in [6, 6.07) is 0. The fraction of sp³-hybridized carbons (Fsp3) is 1.00. The van der Waals surface area contributed by atoms with Gasteiger partial charge in [-0.15, -0.1) is 11.6 Å². The number of hydrogen-bond acceptors (Lipinski definition) is 3. The Morgan fingerprint density at radius 1 is 1.50 bits per heavy atom. The first kappa shape index (κ1) is 11.0. The van der Waals surface area contributed by atoms with E-state index >= 15 is 0 Å². The fourth-order valence-corrected chi connectivity index (χ4v) is 0.877. The van der Waals surface area contributed by atoms with Gasteiger partial charge in [-0.25, -0.2) is 0 Å². The summed E-state index contributed by atoms with van der Waals surface area (Å²) in [5, 5.41) is 0. The van der Waals surface area contributed by atoms with E-state index in [0.29, 0.717) is 0 Å². The highest BCUT2D eigenvalue weighted by molar-refractivity contribution is 7.85. The van der Waals surface area contributed by atoms with Gasteiger partial charge < -0.3 is 6.15 Å². The summed E-state index contributed by atoms with van der Waals surface area (Å²) in [5.41, 5.74) is 0. The lowest BCUT2D eigenvalue weighted by atomic mass is 11.0. The van der Waals surface area contributed by atoms with Crippen molar-refractivity contribution in [3.8, 4) is 0 Å². The van der Waals surface area contributed by atoms with Gasteiger partial charge in [-0.05, 0) is 0 Å². The molecule has 6 heteroatoms. The third kappa shape index (κ3) is 9.48. The summed E-state index contributed by atoms with van der Waals surface area (Å²) in [7, 11) is -3.81. The van der Waals surface area contributed by atoms with Crippen molar-refractivity contribution < 1.29 is 13.0 Å². The molecule has 0 heterocycles. The van der Waals surface area contributed by atoms with E-state index in [1.54, 1.807) is 0 Å². The van der Waals surface area contributed by atoms with E-state index in [4.69, 9.17) is 16.2 Å². The predicted octanol–water partition coefficient (Wildman–Crippen LogP) is 0.275. The van der Waals surface area contributed by atoms with E-state index in [0.717, 1.165) is 0 Å². The summed E-state index contributed by atoms with van der Waals surface area (Å²) < 4.78 is 27.3. The third-order valence-corrected chi connectivity index (χ3v) is 1.47. The van der Waals surface area contributed by atoms with Crippen LogP contribution < -0.4 is 6.15 Å². The molecular weight excluding hydrogens is 154 g/mol. The molecule has 4 N–H and O–H groups in total. The van der Waals surface area contributed by atoms with E-state index in [-0.39, 0.29) is 17.8 Å². The lowest BCUT2D eigenvalue weighted by Crippen LogP contribution is -2.03. The summed E-state index contributed by atoms with van der Waals surface area (Å²) in [5.74, 6) is -0.423. The van der Waals surface area contributed by atoms with Crippen LogP contribution in [0.1, 0.15) is 0 Å². The number of rotatable bonds is 2. The monoisotopic (exact) mass is 161 g/mol. The molecule has 0 saturated carbocycles. The van der Waals surface area contributed by atoms with E-state index in [1.165, 1.54) is 0 Å². The van der Waals surface area contributed by atoms with Crippen LogP contribution in [0.3, 0.4) is 0 Å². The van der Waals surface area contributed by atoms with Gasteiger partial charge in [0, 0.05) is 5.88 Å². The molecule has 0 saturated heterocycles. The Morgan fingerprint density at radius 2 is 1.88 bits per heavy atom. The highest BCUT2D eigenvalue weighted by Crippen LogP contribution is 1.82. The molecule has 0 rings (SSSR count). The number of halogens is 1. The number of hydrogen-bond donors (Lipinski definition) is 2. The zero-order chi connectivity index (χ0) is 5.91. The molecule has 0 amide bonds. The van der Waals surface area contributed by atoms with Gasteiger partial charge >= 0.3 is 0 Å². The molecule has 4 nitrogen and oxygen atoms in total. The Morgan fingerprint density at radius 3 is 1.88 bits per heavy atom. The van der Waals surface area contributed by atoms with Crippen molar-refractivity contribution in [3.63, 3.8) is 0 Å². The van der Waals surface area contributed by atoms with Gasteiger partial charge in [0.1, 0.15) is 0 Å². The molecule has 0 fully saturated rings. The second-order valence-corrected chi connectivity index (χ2v) is 2.93. The molecule has 0 aromatic rings. The maximum Gasteiger partial charge on any atom is 0.266 e. The first-order chi connectivity index (χ1) is 3.06. The summed E-state index contributed by atoms with van der Waals surface area (Å²) in [6.45, 7) is 0. The van der Waals surface area contributed by atoms with Crippen LogP contribution in [-0.2, 0) is 10.1 Å². The smallest absolute Gasteiger partial charge is 0.266 e. The molecule has 52 valence electrons. The van der Waals surface area contributed by atoms with Crippen LogP contribution in [0.15, 0.2) is 0 Å². The standard InChI is InChI=1S/C2H5ClO3S.H3N/c3-1-2-7(4,5)6;/h1-2H2,(H,4,5,6);1H3. The Bertz CT molecular complexity index is 130. The van der Waals surface area contributed by atoms with Crippen molar-refractivity contribution in [1.82, 2.24) is 6.15 Å². The lowest BCUT2D eigenvalue weighted by molar-refractivity contribution is 0.485. The van der Waals surface area contributed by atoms with Crippen LogP contribution in [0.5, 0.6) is 0 Å². The van der Waals surface area contributed by atoms with Gasteiger partial charge in [0.05, 0.1) is 5.75 Å². The Balaban J connectivity index is 0. The largest absolute Gasteiger partial charge is 0.344 e. The quantitative estimate of drug-likeness (QED) is 0.450. The maximum absolute atomic E-state index is 9.70. The molecule has 0 aromatic carbocycles. The normalized spacial score (nSPS) is 10.2. The minimum Gasteiger partial charge on any atom is -0.344 e. The minimum absolute atomic E-state index is 0. The van der Waals surface area contributed by atoms with Gasteiger partial charge in [-0.3, -0.25) is 4.55 Å². The third-order valence-electron chi connectivity index (χ3n) is 0.335. The molecule has 0 aliphatic heterocycles. The van der Waals surface area contributed by atoms with Crippen LogP contribution >= 0.6 is 11.6 Å². The van der Waals surface area contributed by atoms with Crippen molar-refractivity contribution in [1.29, 1.82) is 0 Å². The van der Waals surface area contributed by atoms with Gasteiger partial charge in [-0.1, -0.05) is 0 Å². The van der Waals surface area contributed by atoms with E-state index in [2.05, 4.69) is 0 Å². The lowest BCUT2D eigenvalue weighted by Gasteiger charge is -1.84. The van der Waals surface area contributed by atoms with Crippen molar-refractivity contribution in [2.45, 2.75) is 0 Å². The first-order valence-electron chi connectivity index (χ1n) is 1.57. The molecule has 0 spiro atoms. The molecule has 0 atom stereocenters. The number of alkyl halides is 1. The molecule has 0 aromatic heterocycles. The topological polar surface area (TPSA) is 89.4 Å². The van der Waals surface area contributed by atoms with Crippen LogP contribution in [0, 0.1) is 0 Å². The Labute approximate surface area is 53.2 Å². The van der Waals surface area contributed by atoms with Crippen molar-refractivity contribution in [2.75, 3.05) is 11.6 Å². The average molecular weight is 162 g/mol. The molecule has 0 bridgehead atoms. The Hall–Kier alpha value is 0.160. The second-order valence-electron chi connectivity index (χ2n) is 0.975. The first-order valence-corrected chi connectivity index (χ1v) is 3.72. The zero-order valence-electron chi connectivity index (χ0n) is 4.17. The summed E-state index contributed by atoms with van der Waals surface area (Å²) in [4.78, 5) is 0. The van der Waals surface area contributed by atoms with Gasteiger partial charge in [0.25, 0.3) is 10.1 Å². The van der Waals surface area contributed by atoms with Crippen molar-refractivity contribution in [2.24, 2.45) is 0 Å². The predicted molar refractivity (Wildman–Crippen MR) is 32.2 cm³/mol. The van der Waals surface area contributed by atoms with Gasteiger partial charge in [0.2, 0.25) is 0 Å². The summed E-state index contributed by atoms with van der Waals surface area (Å²) >= 11 is 4.95. The zero-order valence-corrected chi connectivity index (χ0v) is 5.74. The molecule has 0 unspecified atom stereocenters. The average Bonchev–Trinajstić information content (AvgIpc) is 1.30. The van der Waals surface area contributed by atoms with Crippen LogP contribution in [-0.4, -0.2) is 24.6 Å². The van der Waals surface area contributed by atoms with Crippen LogP contribution in [0.4, 0.5) is 0 Å². The van der Waals surface area contributed by atoms with Crippen molar-refractivity contribution in [3.05, 3.63) is 0 Å². The summed E-state index contributed by atoms with van der Waals surface area (Å²) in [6.07, 6.45) is 0. The molecule has 8 heavy (non-hydrogen) atoms. The molecule has 0 aliphatic rings. The molecule has 0 aliphatic carbocycles. The van der Waals surface area contributed by atoms with E-state index < -0.39 is 10.1 Å². The van der Waals surface area contributed by atoms with Crippen LogP contribution in [0.25, 0.3) is 0 Å². The van der Waals surface area contributed by atoms with Gasteiger partial charge in [-0.2, -0.15) is 8.42 Å². The SMILES string of the molecule is N.O=S(=O)(O)CCCl.